The van der Waals surface area contributed by atoms with Gasteiger partial charge < -0.3 is 10.1 Å². The summed E-state index contributed by atoms with van der Waals surface area (Å²) in [7, 11) is 1.69. The predicted molar refractivity (Wildman–Crippen MR) is 110 cm³/mol. The number of nitrogens with one attached hydrogen (secondary N) is 1. The Hall–Kier alpha value is -3.27. The number of aromatic nitrogens is 2. The fraction of sp³-hybridized carbons (Fsp3) is 0.174. The van der Waals surface area contributed by atoms with Crippen LogP contribution in [-0.2, 0) is 6.54 Å². The maximum Gasteiger partial charge on any atom is 0.139 e. The second-order valence-electron chi connectivity index (χ2n) is 6.75. The van der Waals surface area contributed by atoms with Crippen molar-refractivity contribution in [3.05, 3.63) is 83.6 Å². The fourth-order valence-corrected chi connectivity index (χ4v) is 3.45. The van der Waals surface area contributed by atoms with Gasteiger partial charge in [0.05, 0.1) is 7.11 Å². The summed E-state index contributed by atoms with van der Waals surface area (Å²) in [5.41, 5.74) is 6.50. The van der Waals surface area contributed by atoms with E-state index in [-0.39, 0.29) is 0 Å². The molecule has 0 saturated heterocycles. The number of aryl methyl sites for hydroxylation is 2. The van der Waals surface area contributed by atoms with Crippen LogP contribution < -0.4 is 10.1 Å². The van der Waals surface area contributed by atoms with Gasteiger partial charge >= 0.3 is 0 Å². The number of ether oxygens (including phenoxy) is 1. The van der Waals surface area contributed by atoms with Crippen LogP contribution in [0.15, 0.2) is 66.7 Å². The molecule has 0 amide bonds. The molecule has 4 heteroatoms. The van der Waals surface area contributed by atoms with Crippen LogP contribution in [0.1, 0.15) is 16.8 Å². The van der Waals surface area contributed by atoms with Crippen LogP contribution in [0.2, 0.25) is 0 Å². The average Bonchev–Trinajstić information content (AvgIpc) is 3.06. The Kier molecular flexibility index (Phi) is 4.55. The third-order valence-electron chi connectivity index (χ3n) is 4.70. The van der Waals surface area contributed by atoms with Crippen LogP contribution in [0.3, 0.4) is 0 Å². The molecule has 0 aliphatic carbocycles. The Morgan fingerprint density at radius 3 is 2.56 bits per heavy atom. The monoisotopic (exact) mass is 357 g/mol. The predicted octanol–water partition coefficient (Wildman–Crippen LogP) is 5.24. The van der Waals surface area contributed by atoms with Gasteiger partial charge in [-0.2, -0.15) is 0 Å². The quantitative estimate of drug-likeness (QED) is 0.531. The fourth-order valence-electron chi connectivity index (χ4n) is 3.45. The minimum Gasteiger partial charge on any atom is -0.497 e. The van der Waals surface area contributed by atoms with Gasteiger partial charge in [0.2, 0.25) is 0 Å². The van der Waals surface area contributed by atoms with Crippen molar-refractivity contribution in [3.8, 4) is 17.0 Å². The van der Waals surface area contributed by atoms with E-state index in [9.17, 15) is 0 Å². The molecule has 2 aromatic heterocycles. The van der Waals surface area contributed by atoms with E-state index in [0.717, 1.165) is 40.7 Å². The number of nitrogens with zero attached hydrogens (tertiary/aromatic N) is 2. The lowest BCUT2D eigenvalue weighted by Crippen LogP contribution is -2.05. The number of hydrogen-bond donors (Lipinski definition) is 1. The van der Waals surface area contributed by atoms with Gasteiger partial charge in [0.15, 0.2) is 0 Å². The van der Waals surface area contributed by atoms with Crippen LogP contribution >= 0.6 is 0 Å². The second kappa shape index (κ2) is 7.16. The highest BCUT2D eigenvalue weighted by atomic mass is 16.5. The lowest BCUT2D eigenvalue weighted by atomic mass is 10.1. The zero-order valence-electron chi connectivity index (χ0n) is 15.9. The lowest BCUT2D eigenvalue weighted by molar-refractivity contribution is 0.415. The third kappa shape index (κ3) is 3.38. The molecule has 0 unspecified atom stereocenters. The average molecular weight is 357 g/mol. The smallest absolute Gasteiger partial charge is 0.139 e. The van der Waals surface area contributed by atoms with E-state index >= 15 is 0 Å². The Morgan fingerprint density at radius 1 is 0.963 bits per heavy atom. The molecule has 0 fully saturated rings. The molecule has 0 aliphatic heterocycles. The first kappa shape index (κ1) is 17.2. The molecule has 0 atom stereocenters. The summed E-state index contributed by atoms with van der Waals surface area (Å²) in [6.07, 6.45) is 0. The Morgan fingerprint density at radius 2 is 1.78 bits per heavy atom. The molecule has 0 aliphatic rings. The van der Waals surface area contributed by atoms with E-state index in [1.165, 1.54) is 11.1 Å². The molecule has 0 radical (unpaired) electrons. The van der Waals surface area contributed by atoms with Gasteiger partial charge in [-0.3, -0.25) is 4.40 Å². The molecule has 4 aromatic rings. The molecular weight excluding hydrogens is 334 g/mol. The Bertz CT molecular complexity index is 1080. The van der Waals surface area contributed by atoms with Crippen molar-refractivity contribution in [2.45, 2.75) is 20.4 Å². The largest absolute Gasteiger partial charge is 0.497 e. The van der Waals surface area contributed by atoms with Gasteiger partial charge in [-0.15, -0.1) is 0 Å². The molecule has 27 heavy (non-hydrogen) atoms. The minimum atomic E-state index is 0.735. The summed E-state index contributed by atoms with van der Waals surface area (Å²) in [6.45, 7) is 4.95. The lowest BCUT2D eigenvalue weighted by Gasteiger charge is -2.12. The topological polar surface area (TPSA) is 38.6 Å². The summed E-state index contributed by atoms with van der Waals surface area (Å²) >= 11 is 0. The van der Waals surface area contributed by atoms with Crippen molar-refractivity contribution in [2.75, 3.05) is 12.4 Å². The van der Waals surface area contributed by atoms with Gasteiger partial charge in [0.1, 0.15) is 22.9 Å². The molecule has 2 heterocycles. The number of methoxy groups -OCH3 is 1. The SMILES string of the molecule is COc1cccc(-c2nc3cc(C)cc(C)n3c2NCc2ccccc2)c1. The third-order valence-corrected chi connectivity index (χ3v) is 4.70. The van der Waals surface area contributed by atoms with Crippen molar-refractivity contribution < 1.29 is 4.74 Å². The zero-order valence-corrected chi connectivity index (χ0v) is 15.9. The normalized spacial score (nSPS) is 10.9. The molecule has 0 saturated carbocycles. The first-order valence-corrected chi connectivity index (χ1v) is 9.07. The Balaban J connectivity index is 1.85. The molecule has 4 nitrogen and oxygen atoms in total. The number of imidazole rings is 1. The second-order valence-corrected chi connectivity index (χ2v) is 6.75. The molecule has 4 rings (SSSR count). The van der Waals surface area contributed by atoms with Crippen LogP contribution in [0, 0.1) is 13.8 Å². The van der Waals surface area contributed by atoms with Crippen LogP contribution in [0.5, 0.6) is 5.75 Å². The van der Waals surface area contributed by atoms with Crippen LogP contribution in [-0.4, -0.2) is 16.5 Å². The van der Waals surface area contributed by atoms with Crippen molar-refractivity contribution in [1.29, 1.82) is 0 Å². The van der Waals surface area contributed by atoms with Gasteiger partial charge in [0, 0.05) is 17.8 Å². The highest BCUT2D eigenvalue weighted by molar-refractivity contribution is 5.77. The number of benzene rings is 2. The number of rotatable bonds is 5. The summed E-state index contributed by atoms with van der Waals surface area (Å²) in [5, 5.41) is 3.61. The number of anilines is 1. The van der Waals surface area contributed by atoms with E-state index < -0.39 is 0 Å². The molecule has 2 aromatic carbocycles. The van der Waals surface area contributed by atoms with Crippen molar-refractivity contribution in [3.63, 3.8) is 0 Å². The van der Waals surface area contributed by atoms with Gasteiger partial charge in [-0.25, -0.2) is 4.98 Å². The number of hydrogen-bond acceptors (Lipinski definition) is 3. The van der Waals surface area contributed by atoms with Crippen molar-refractivity contribution in [1.82, 2.24) is 9.38 Å². The van der Waals surface area contributed by atoms with E-state index in [2.05, 4.69) is 66.0 Å². The zero-order chi connectivity index (χ0) is 18.8. The van der Waals surface area contributed by atoms with Gasteiger partial charge in [0.25, 0.3) is 0 Å². The summed E-state index contributed by atoms with van der Waals surface area (Å²) in [6, 6.07) is 22.7. The molecule has 0 spiro atoms. The molecule has 0 bridgehead atoms. The molecule has 1 N–H and O–H groups in total. The maximum absolute atomic E-state index is 5.41. The van der Waals surface area contributed by atoms with Crippen LogP contribution in [0.25, 0.3) is 16.9 Å². The summed E-state index contributed by atoms with van der Waals surface area (Å²) < 4.78 is 7.59. The van der Waals surface area contributed by atoms with Crippen LogP contribution in [0.4, 0.5) is 5.82 Å². The van der Waals surface area contributed by atoms with Gasteiger partial charge in [-0.1, -0.05) is 42.5 Å². The van der Waals surface area contributed by atoms with E-state index in [1.807, 2.05) is 24.3 Å². The summed E-state index contributed by atoms with van der Waals surface area (Å²) in [4.78, 5) is 4.94. The molecule has 136 valence electrons. The van der Waals surface area contributed by atoms with Crippen molar-refractivity contribution in [2.24, 2.45) is 0 Å². The highest BCUT2D eigenvalue weighted by Gasteiger charge is 2.16. The highest BCUT2D eigenvalue weighted by Crippen LogP contribution is 2.32. The Labute approximate surface area is 159 Å². The summed E-state index contributed by atoms with van der Waals surface area (Å²) in [5.74, 6) is 1.83. The van der Waals surface area contributed by atoms with E-state index in [1.54, 1.807) is 7.11 Å². The maximum atomic E-state index is 5.41. The number of pyridine rings is 1. The first-order valence-electron chi connectivity index (χ1n) is 9.07. The minimum absolute atomic E-state index is 0.735. The first-order chi connectivity index (χ1) is 13.2. The standard InChI is InChI=1S/C23H23N3O/c1-16-12-17(2)26-21(13-16)25-22(19-10-7-11-20(14-19)27-3)23(26)24-15-18-8-5-4-6-9-18/h4-14,24H,15H2,1-3H3. The van der Waals surface area contributed by atoms with E-state index in [4.69, 9.17) is 9.72 Å². The molecular formula is C23H23N3O. The van der Waals surface area contributed by atoms with E-state index in [0.29, 0.717) is 0 Å². The number of fused-ring (bicyclic) bond motifs is 1. The van der Waals surface area contributed by atoms with Crippen molar-refractivity contribution >= 4 is 11.5 Å². The van der Waals surface area contributed by atoms with Gasteiger partial charge in [-0.05, 0) is 49.2 Å².